The summed E-state index contributed by atoms with van der Waals surface area (Å²) in [5.41, 5.74) is 5.15. The number of phosphoric acid groups is 1. The van der Waals surface area contributed by atoms with Crippen LogP contribution >= 0.6 is 20.0 Å². The molecule has 0 bridgehead atoms. The van der Waals surface area contributed by atoms with Crippen molar-refractivity contribution >= 4 is 37.2 Å². The van der Waals surface area contributed by atoms with Crippen LogP contribution in [0.15, 0.2) is 4.79 Å². The summed E-state index contributed by atoms with van der Waals surface area (Å²) in [4.78, 5) is 30.3. The summed E-state index contributed by atoms with van der Waals surface area (Å²) in [5, 5.41) is 10.4. The van der Waals surface area contributed by atoms with Crippen LogP contribution in [0.3, 0.4) is 0 Å². The van der Waals surface area contributed by atoms with Crippen LogP contribution in [-0.4, -0.2) is 54.4 Å². The molecule has 5 atom stereocenters. The Morgan fingerprint density at radius 2 is 2.21 bits per heavy atom. The number of aromatic amines is 2. The Balaban J connectivity index is 1.82. The molecule has 2 aromatic heterocycles. The first-order valence-corrected chi connectivity index (χ1v) is 8.66. The average Bonchev–Trinajstić information content (AvgIpc) is 2.96. The number of phosphoric ester groups is 1. The number of aliphatic hydroxyl groups excluding tert-OH is 1. The fourth-order valence-corrected chi connectivity index (χ4v) is 4.07. The molecule has 6 N–H and O–H groups in total. The predicted molar refractivity (Wildman–Crippen MR) is 80.5 cm³/mol. The van der Waals surface area contributed by atoms with Gasteiger partial charge >= 0.3 is 7.82 Å². The summed E-state index contributed by atoms with van der Waals surface area (Å²) in [7, 11) is -4.25. The van der Waals surface area contributed by atoms with Crippen LogP contribution in [0.4, 0.5) is 5.95 Å². The van der Waals surface area contributed by atoms with Crippen molar-refractivity contribution in [2.24, 2.45) is 0 Å². The molecule has 4 heterocycles. The Morgan fingerprint density at radius 3 is 2.96 bits per heavy atom. The van der Waals surface area contributed by atoms with Gasteiger partial charge < -0.3 is 25.5 Å². The van der Waals surface area contributed by atoms with E-state index < -0.39 is 37.9 Å². The Hall–Kier alpha value is -1.60. The zero-order chi connectivity index (χ0) is 17.2. The molecule has 0 saturated carbocycles. The zero-order valence-electron chi connectivity index (χ0n) is 11.8. The number of hydrogen-bond donors (Lipinski definition) is 5. The number of H-pyrrole nitrogens is 2. The van der Waals surface area contributed by atoms with Crippen LogP contribution in [0, 0.1) is 4.77 Å². The quantitative estimate of drug-likeness (QED) is 0.310. The van der Waals surface area contributed by atoms with Gasteiger partial charge in [0.25, 0.3) is 5.56 Å². The van der Waals surface area contributed by atoms with Crippen molar-refractivity contribution in [2.45, 2.75) is 24.5 Å². The number of nitrogens with zero attached hydrogens (tertiary/aromatic N) is 2. The van der Waals surface area contributed by atoms with Crippen LogP contribution in [0.1, 0.15) is 6.23 Å². The van der Waals surface area contributed by atoms with E-state index in [0.29, 0.717) is 0 Å². The largest absolute Gasteiger partial charge is 0.472 e. The second kappa shape index (κ2) is 5.20. The third-order valence-corrected chi connectivity index (χ3v) is 5.10. The lowest BCUT2D eigenvalue weighted by atomic mass is 10.1. The number of anilines is 1. The van der Waals surface area contributed by atoms with Gasteiger partial charge in [0.05, 0.1) is 6.61 Å². The molecule has 130 valence electrons. The van der Waals surface area contributed by atoms with Crippen molar-refractivity contribution in [3.63, 3.8) is 0 Å². The topological polar surface area (TPSA) is 178 Å². The summed E-state index contributed by atoms with van der Waals surface area (Å²) in [6.45, 7) is -0.238. The second-order valence-electron chi connectivity index (χ2n) is 5.34. The first-order chi connectivity index (χ1) is 11.3. The summed E-state index contributed by atoms with van der Waals surface area (Å²) in [6.07, 6.45) is -4.32. The van der Waals surface area contributed by atoms with E-state index in [-0.39, 0.29) is 28.5 Å². The zero-order valence-corrected chi connectivity index (χ0v) is 13.5. The maximum absolute atomic E-state index is 11.9. The minimum absolute atomic E-state index is 0.0596. The van der Waals surface area contributed by atoms with Crippen LogP contribution < -0.4 is 11.3 Å². The van der Waals surface area contributed by atoms with E-state index in [1.807, 2.05) is 0 Å². The van der Waals surface area contributed by atoms with Crippen molar-refractivity contribution in [1.29, 1.82) is 0 Å². The summed E-state index contributed by atoms with van der Waals surface area (Å²) < 4.78 is 28.0. The maximum Gasteiger partial charge on any atom is 0.472 e. The standard InChI is InChI=1S/C10H12N5O7PS/c11-9-13-6-3(7(17)14-9)12-10(24)15(6)8-4(16)5-2(21-8)1-20-23(18,19)22-5/h2,4-5,8,16H,1H2,(H,12,24)(H,18,19)(H3,11,13,14,17)/t2-,4-,5-,8-/m1/s1. The summed E-state index contributed by atoms with van der Waals surface area (Å²) >= 11 is 5.16. The van der Waals surface area contributed by atoms with Crippen molar-refractivity contribution < 1.29 is 28.3 Å². The number of nitrogens with two attached hydrogens (primary N) is 1. The number of aliphatic hydroxyl groups is 1. The Labute approximate surface area is 137 Å². The second-order valence-corrected chi connectivity index (χ2v) is 7.13. The molecular weight excluding hydrogens is 365 g/mol. The number of aromatic nitrogens is 4. The third-order valence-electron chi connectivity index (χ3n) is 3.82. The average molecular weight is 377 g/mol. The van der Waals surface area contributed by atoms with E-state index in [4.69, 9.17) is 27.2 Å². The molecule has 0 spiro atoms. The minimum Gasteiger partial charge on any atom is -0.386 e. The first kappa shape index (κ1) is 15.9. The van der Waals surface area contributed by atoms with Gasteiger partial charge in [0.1, 0.15) is 18.3 Å². The Morgan fingerprint density at radius 1 is 1.46 bits per heavy atom. The molecule has 12 nitrogen and oxygen atoms in total. The predicted octanol–water partition coefficient (Wildman–Crippen LogP) is -0.862. The highest BCUT2D eigenvalue weighted by Gasteiger charge is 2.52. The van der Waals surface area contributed by atoms with Crippen LogP contribution in [0.5, 0.6) is 0 Å². The van der Waals surface area contributed by atoms with Gasteiger partial charge in [-0.1, -0.05) is 0 Å². The van der Waals surface area contributed by atoms with E-state index in [1.165, 1.54) is 4.57 Å². The molecule has 0 radical (unpaired) electrons. The number of fused-ring (bicyclic) bond motifs is 2. The van der Waals surface area contributed by atoms with Crippen LogP contribution in [-0.2, 0) is 18.3 Å². The van der Waals surface area contributed by atoms with Crippen molar-refractivity contribution in [3.8, 4) is 0 Å². The molecule has 1 unspecified atom stereocenters. The molecule has 4 rings (SSSR count). The van der Waals surface area contributed by atoms with Gasteiger partial charge in [0.15, 0.2) is 22.2 Å². The van der Waals surface area contributed by atoms with Gasteiger partial charge in [-0.2, -0.15) is 4.98 Å². The van der Waals surface area contributed by atoms with Crippen molar-refractivity contribution in [1.82, 2.24) is 19.5 Å². The molecule has 0 amide bonds. The van der Waals surface area contributed by atoms with Crippen molar-refractivity contribution in [2.75, 3.05) is 12.3 Å². The Bertz CT molecular complexity index is 984. The first-order valence-electron chi connectivity index (χ1n) is 6.76. The third kappa shape index (κ3) is 2.33. The molecule has 2 fully saturated rings. The highest BCUT2D eigenvalue weighted by molar-refractivity contribution is 7.71. The molecule has 0 aromatic carbocycles. The van der Waals surface area contributed by atoms with Gasteiger partial charge in [-0.3, -0.25) is 23.4 Å². The molecule has 2 aliphatic heterocycles. The minimum atomic E-state index is -4.25. The molecule has 0 aliphatic carbocycles. The highest BCUT2D eigenvalue weighted by Crippen LogP contribution is 2.52. The molecule has 24 heavy (non-hydrogen) atoms. The van der Waals surface area contributed by atoms with E-state index in [2.05, 4.69) is 19.5 Å². The number of hydrogen-bond acceptors (Lipinski definition) is 9. The van der Waals surface area contributed by atoms with Crippen molar-refractivity contribution in [3.05, 3.63) is 15.1 Å². The SMILES string of the molecule is Nc1nc2c([nH]c(=S)n2[C@@H]2O[C@@H]3COP(=O)(O)O[C@H]3[C@H]2O)c(=O)[nH]1. The number of imidazole rings is 1. The lowest BCUT2D eigenvalue weighted by Crippen LogP contribution is -2.39. The Kier molecular flexibility index (Phi) is 3.44. The number of ether oxygens (including phenoxy) is 1. The number of nitrogens with one attached hydrogen (secondary N) is 2. The molecular formula is C10H12N5O7PS. The molecule has 14 heteroatoms. The lowest BCUT2D eigenvalue weighted by molar-refractivity contribution is -0.0667. The number of rotatable bonds is 1. The lowest BCUT2D eigenvalue weighted by Gasteiger charge is -2.27. The summed E-state index contributed by atoms with van der Waals surface area (Å²) in [5.74, 6) is -0.139. The van der Waals surface area contributed by atoms with E-state index in [9.17, 15) is 19.4 Å². The molecule has 2 aliphatic rings. The normalized spacial score (nSPS) is 36.1. The smallest absolute Gasteiger partial charge is 0.386 e. The summed E-state index contributed by atoms with van der Waals surface area (Å²) in [6, 6.07) is 0. The molecule has 2 saturated heterocycles. The van der Waals surface area contributed by atoms with Crippen LogP contribution in [0.2, 0.25) is 0 Å². The maximum atomic E-state index is 11.9. The van der Waals surface area contributed by atoms with Gasteiger partial charge in [-0.05, 0) is 12.2 Å². The van der Waals surface area contributed by atoms with Gasteiger partial charge in [0.2, 0.25) is 5.95 Å². The van der Waals surface area contributed by atoms with Gasteiger partial charge in [-0.15, -0.1) is 0 Å². The molecule has 2 aromatic rings. The fourth-order valence-electron chi connectivity index (χ4n) is 2.81. The number of nitrogen functional groups attached to an aromatic ring is 1. The van der Waals surface area contributed by atoms with E-state index >= 15 is 0 Å². The highest BCUT2D eigenvalue weighted by atomic mass is 32.1. The van der Waals surface area contributed by atoms with Gasteiger partial charge in [-0.25, -0.2) is 4.57 Å². The van der Waals surface area contributed by atoms with E-state index in [1.54, 1.807) is 0 Å². The van der Waals surface area contributed by atoms with Crippen LogP contribution in [0.25, 0.3) is 11.2 Å². The van der Waals surface area contributed by atoms with E-state index in [0.717, 1.165) is 0 Å². The van der Waals surface area contributed by atoms with Gasteiger partial charge in [0, 0.05) is 0 Å². The monoisotopic (exact) mass is 377 g/mol. The fraction of sp³-hybridized carbons (Fsp3) is 0.500.